The highest BCUT2D eigenvalue weighted by Crippen LogP contribution is 2.31. The molecular weight excluding hydrogens is 332 g/mol. The van der Waals surface area contributed by atoms with Crippen LogP contribution in [0.15, 0.2) is 48.5 Å². The van der Waals surface area contributed by atoms with E-state index in [9.17, 15) is 19.5 Å². The van der Waals surface area contributed by atoms with Crippen LogP contribution >= 0.6 is 0 Å². The van der Waals surface area contributed by atoms with Crippen molar-refractivity contribution in [2.24, 2.45) is 0 Å². The zero-order chi connectivity index (χ0) is 18.7. The molecule has 1 unspecified atom stereocenters. The number of amides is 2. The van der Waals surface area contributed by atoms with Gasteiger partial charge < -0.3 is 15.3 Å². The Bertz CT molecular complexity index is 845. The van der Waals surface area contributed by atoms with Gasteiger partial charge in [-0.05, 0) is 35.2 Å². The first kappa shape index (κ1) is 17.7. The van der Waals surface area contributed by atoms with Crippen molar-refractivity contribution in [3.05, 3.63) is 70.8 Å². The fourth-order valence-electron chi connectivity index (χ4n) is 3.21. The van der Waals surface area contributed by atoms with Crippen molar-refractivity contribution in [2.75, 3.05) is 6.54 Å². The van der Waals surface area contributed by atoms with Gasteiger partial charge in [0.15, 0.2) is 6.04 Å². The third-order valence-electron chi connectivity index (χ3n) is 4.52. The maximum absolute atomic E-state index is 12.9. The summed E-state index contributed by atoms with van der Waals surface area (Å²) in [5.41, 5.74) is 2.94. The van der Waals surface area contributed by atoms with E-state index < -0.39 is 12.0 Å². The second-order valence-corrected chi connectivity index (χ2v) is 6.29. The molecule has 26 heavy (non-hydrogen) atoms. The molecule has 1 aliphatic rings. The molecule has 134 valence electrons. The molecule has 6 nitrogen and oxygen atoms in total. The van der Waals surface area contributed by atoms with Gasteiger partial charge in [-0.3, -0.25) is 9.59 Å². The number of carboxylic acids is 1. The van der Waals surface area contributed by atoms with Crippen molar-refractivity contribution in [1.29, 1.82) is 0 Å². The molecule has 2 N–H and O–H groups in total. The first-order valence-corrected chi connectivity index (χ1v) is 8.42. The van der Waals surface area contributed by atoms with Gasteiger partial charge in [-0.2, -0.15) is 0 Å². The lowest BCUT2D eigenvalue weighted by Crippen LogP contribution is -2.43. The maximum Gasteiger partial charge on any atom is 0.331 e. The zero-order valence-electron chi connectivity index (χ0n) is 14.4. The maximum atomic E-state index is 12.9. The molecule has 1 heterocycles. The number of rotatable bonds is 4. The third kappa shape index (κ3) is 3.59. The van der Waals surface area contributed by atoms with Gasteiger partial charge in [0.25, 0.3) is 5.91 Å². The van der Waals surface area contributed by atoms with Gasteiger partial charge in [-0.15, -0.1) is 0 Å². The largest absolute Gasteiger partial charge is 0.479 e. The smallest absolute Gasteiger partial charge is 0.331 e. The Morgan fingerprint density at radius 2 is 1.81 bits per heavy atom. The lowest BCUT2D eigenvalue weighted by molar-refractivity contribution is -0.143. The van der Waals surface area contributed by atoms with Crippen LogP contribution in [0.2, 0.25) is 0 Å². The first-order chi connectivity index (χ1) is 12.5. The molecule has 0 aromatic heterocycles. The topological polar surface area (TPSA) is 86.7 Å². The van der Waals surface area contributed by atoms with Crippen LogP contribution in [0.1, 0.15) is 40.0 Å². The molecule has 0 saturated heterocycles. The average molecular weight is 352 g/mol. The molecule has 2 aromatic carbocycles. The highest BCUT2D eigenvalue weighted by atomic mass is 16.4. The van der Waals surface area contributed by atoms with Gasteiger partial charge in [-0.1, -0.05) is 36.4 Å². The normalized spacial score (nSPS) is 15.9. The average Bonchev–Trinajstić information content (AvgIpc) is 2.65. The number of nitrogens with zero attached hydrogens (tertiary/aromatic N) is 1. The fraction of sp³-hybridized carbons (Fsp3) is 0.250. The molecule has 0 fully saturated rings. The van der Waals surface area contributed by atoms with Crippen LogP contribution in [0.5, 0.6) is 0 Å². The molecule has 2 aromatic rings. The minimum atomic E-state index is -1.03. The summed E-state index contributed by atoms with van der Waals surface area (Å²) in [6.07, 6.45) is 0.631. The van der Waals surface area contributed by atoms with Crippen molar-refractivity contribution in [1.82, 2.24) is 10.2 Å². The molecule has 2 amide bonds. The Labute approximate surface area is 151 Å². The monoisotopic (exact) mass is 352 g/mol. The van der Waals surface area contributed by atoms with Crippen LogP contribution in [0, 0.1) is 0 Å². The van der Waals surface area contributed by atoms with Crippen molar-refractivity contribution in [2.45, 2.75) is 25.9 Å². The van der Waals surface area contributed by atoms with E-state index >= 15 is 0 Å². The number of carbonyl (C=O) groups is 3. The van der Waals surface area contributed by atoms with Crippen LogP contribution in [0.4, 0.5) is 0 Å². The van der Waals surface area contributed by atoms with Gasteiger partial charge in [-0.25, -0.2) is 4.79 Å². The van der Waals surface area contributed by atoms with Gasteiger partial charge in [0.05, 0.1) is 0 Å². The van der Waals surface area contributed by atoms with Crippen molar-refractivity contribution >= 4 is 17.8 Å². The molecule has 0 radical (unpaired) electrons. The van der Waals surface area contributed by atoms with E-state index in [1.54, 1.807) is 36.4 Å². The first-order valence-electron chi connectivity index (χ1n) is 8.42. The summed E-state index contributed by atoms with van der Waals surface area (Å²) in [6.45, 7) is 2.19. The summed E-state index contributed by atoms with van der Waals surface area (Å²) < 4.78 is 0. The molecule has 0 aliphatic carbocycles. The van der Waals surface area contributed by atoms with E-state index in [0.29, 0.717) is 30.6 Å². The molecule has 0 spiro atoms. The number of nitrogens with one attached hydrogen (secondary N) is 1. The SMILES string of the molecule is CC(=O)NCc1ccc(C(=O)N2CCc3ccccc3C2C(=O)O)cc1. The van der Waals surface area contributed by atoms with Crippen LogP contribution in [-0.2, 0) is 22.6 Å². The summed E-state index contributed by atoms with van der Waals surface area (Å²) in [7, 11) is 0. The van der Waals surface area contributed by atoms with Crippen molar-refractivity contribution in [3.8, 4) is 0 Å². The quantitative estimate of drug-likeness (QED) is 0.883. The number of fused-ring (bicyclic) bond motifs is 1. The summed E-state index contributed by atoms with van der Waals surface area (Å²) >= 11 is 0. The van der Waals surface area contributed by atoms with Gasteiger partial charge >= 0.3 is 5.97 Å². The summed E-state index contributed by atoms with van der Waals surface area (Å²) in [4.78, 5) is 37.1. The predicted octanol–water partition coefficient (Wildman–Crippen LogP) is 2.15. The number of benzene rings is 2. The second kappa shape index (κ2) is 7.39. The number of hydrogen-bond donors (Lipinski definition) is 2. The van der Waals surface area contributed by atoms with E-state index in [1.807, 2.05) is 12.1 Å². The van der Waals surface area contributed by atoms with E-state index in [0.717, 1.165) is 11.1 Å². The predicted molar refractivity (Wildman–Crippen MR) is 95.5 cm³/mol. The van der Waals surface area contributed by atoms with Crippen LogP contribution in [-0.4, -0.2) is 34.3 Å². The van der Waals surface area contributed by atoms with E-state index in [4.69, 9.17) is 0 Å². The van der Waals surface area contributed by atoms with E-state index in [-0.39, 0.29) is 11.8 Å². The van der Waals surface area contributed by atoms with Crippen LogP contribution in [0.3, 0.4) is 0 Å². The number of aliphatic carboxylic acids is 1. The van der Waals surface area contributed by atoms with Crippen molar-refractivity contribution < 1.29 is 19.5 Å². The number of hydrogen-bond acceptors (Lipinski definition) is 3. The fourth-order valence-corrected chi connectivity index (χ4v) is 3.21. The molecule has 3 rings (SSSR count). The van der Waals surface area contributed by atoms with Gasteiger partial charge in [0.2, 0.25) is 5.91 Å². The summed E-state index contributed by atoms with van der Waals surface area (Å²) in [6, 6.07) is 13.2. The molecule has 0 bridgehead atoms. The van der Waals surface area contributed by atoms with E-state index in [1.165, 1.54) is 11.8 Å². The lowest BCUT2D eigenvalue weighted by atomic mass is 9.92. The number of carbonyl (C=O) groups excluding carboxylic acids is 2. The Kier molecular flexibility index (Phi) is 5.02. The lowest BCUT2D eigenvalue weighted by Gasteiger charge is -2.34. The minimum absolute atomic E-state index is 0.124. The highest BCUT2D eigenvalue weighted by Gasteiger charge is 2.36. The van der Waals surface area contributed by atoms with Crippen LogP contribution < -0.4 is 5.32 Å². The van der Waals surface area contributed by atoms with Crippen LogP contribution in [0.25, 0.3) is 0 Å². The Hall–Kier alpha value is -3.15. The Morgan fingerprint density at radius 3 is 2.46 bits per heavy atom. The standard InChI is InChI=1S/C20H20N2O4/c1-13(23)21-12-14-6-8-16(9-7-14)19(24)22-11-10-15-4-2-3-5-17(15)18(22)20(25)26/h2-9,18H,10-12H2,1H3,(H,21,23)(H,25,26). The second-order valence-electron chi connectivity index (χ2n) is 6.29. The Morgan fingerprint density at radius 1 is 1.12 bits per heavy atom. The Balaban J connectivity index is 1.83. The molecule has 6 heteroatoms. The van der Waals surface area contributed by atoms with Gasteiger partial charge in [0, 0.05) is 25.6 Å². The van der Waals surface area contributed by atoms with E-state index in [2.05, 4.69) is 5.32 Å². The minimum Gasteiger partial charge on any atom is -0.479 e. The molecule has 0 saturated carbocycles. The molecule has 1 atom stereocenters. The van der Waals surface area contributed by atoms with Gasteiger partial charge in [0.1, 0.15) is 0 Å². The van der Waals surface area contributed by atoms with Crippen molar-refractivity contribution in [3.63, 3.8) is 0 Å². The highest BCUT2D eigenvalue weighted by molar-refractivity contribution is 5.97. The third-order valence-corrected chi connectivity index (χ3v) is 4.52. The molecule has 1 aliphatic heterocycles. The zero-order valence-corrected chi connectivity index (χ0v) is 14.4. The summed E-state index contributed by atoms with van der Waals surface area (Å²) in [5.74, 6) is -1.47. The number of carboxylic acid groups (broad SMARTS) is 1. The summed E-state index contributed by atoms with van der Waals surface area (Å²) in [5, 5.41) is 12.4. The molecular formula is C20H20N2O4.